The molecule has 1 N–H and O–H groups in total. The van der Waals surface area contributed by atoms with Crippen LogP contribution in [0.1, 0.15) is 34.6 Å². The minimum absolute atomic E-state index is 0.289. The second-order valence-corrected chi connectivity index (χ2v) is 3.58. The Hall–Kier alpha value is -1.99. The zero-order valence-electron chi connectivity index (χ0n) is 11.0. The molecule has 2 amide bonds. The molecule has 104 valence electrons. The number of ether oxygens (including phenoxy) is 2. The van der Waals surface area contributed by atoms with Gasteiger partial charge in [0, 0.05) is 6.92 Å². The maximum atomic E-state index is 10.8. The minimum Gasteiger partial charge on any atom is -0.481 e. The van der Waals surface area contributed by atoms with E-state index in [2.05, 4.69) is 19.7 Å². The van der Waals surface area contributed by atoms with E-state index in [-0.39, 0.29) is 12.2 Å². The Morgan fingerprint density at radius 1 is 0.889 bits per heavy atom. The molecule has 0 unspecified atom stereocenters. The molecule has 0 aromatic rings. The maximum absolute atomic E-state index is 10.8. The Labute approximate surface area is 105 Å². The highest BCUT2D eigenvalue weighted by atomic mass is 16.6. The van der Waals surface area contributed by atoms with Crippen molar-refractivity contribution in [2.45, 2.75) is 46.8 Å². The van der Waals surface area contributed by atoms with Crippen LogP contribution >= 0.6 is 0 Å². The maximum Gasteiger partial charge on any atom is 0.452 e. The summed E-state index contributed by atoms with van der Waals surface area (Å²) in [7, 11) is 0. The first-order chi connectivity index (χ1) is 8.15. The van der Waals surface area contributed by atoms with E-state index in [0.29, 0.717) is 0 Å². The predicted octanol–water partition coefficient (Wildman–Crippen LogP) is 2.62. The van der Waals surface area contributed by atoms with Gasteiger partial charge in [-0.3, -0.25) is 4.79 Å². The van der Waals surface area contributed by atoms with Crippen molar-refractivity contribution in [3.8, 4) is 0 Å². The Morgan fingerprint density at radius 3 is 1.28 bits per heavy atom. The van der Waals surface area contributed by atoms with Gasteiger partial charge >= 0.3 is 12.2 Å². The number of amides is 2. The van der Waals surface area contributed by atoms with E-state index in [1.165, 1.54) is 0 Å². The second kappa shape index (κ2) is 10.2. The highest BCUT2D eigenvalue weighted by Gasteiger charge is 2.06. The smallest absolute Gasteiger partial charge is 0.452 e. The zero-order chi connectivity index (χ0) is 14.7. The lowest BCUT2D eigenvalue weighted by atomic mass is 10.5. The quantitative estimate of drug-likeness (QED) is 0.765. The van der Waals surface area contributed by atoms with E-state index in [0.717, 1.165) is 6.92 Å². The SMILES string of the molecule is CC(=O)O.CC(C)OC(=O)N=NC(=O)OC(C)C. The van der Waals surface area contributed by atoms with Crippen LogP contribution in [0.15, 0.2) is 10.2 Å². The van der Waals surface area contributed by atoms with Crippen LogP contribution in [0.3, 0.4) is 0 Å². The first-order valence-corrected chi connectivity index (χ1v) is 5.17. The average molecular weight is 262 g/mol. The molecule has 0 aromatic carbocycles. The largest absolute Gasteiger partial charge is 0.481 e. The summed E-state index contributed by atoms with van der Waals surface area (Å²) in [6.45, 7) is 7.75. The molecular weight excluding hydrogens is 244 g/mol. The molecule has 0 aromatic heterocycles. The third-order valence-corrected chi connectivity index (χ3v) is 0.886. The Bertz CT molecular complexity index is 283. The monoisotopic (exact) mass is 262 g/mol. The number of carbonyl (C=O) groups excluding carboxylic acids is 2. The zero-order valence-corrected chi connectivity index (χ0v) is 11.0. The van der Waals surface area contributed by atoms with Gasteiger partial charge < -0.3 is 14.6 Å². The summed E-state index contributed by atoms with van der Waals surface area (Å²) >= 11 is 0. The van der Waals surface area contributed by atoms with Crippen molar-refractivity contribution in [3.05, 3.63) is 0 Å². The van der Waals surface area contributed by atoms with E-state index in [9.17, 15) is 9.59 Å². The van der Waals surface area contributed by atoms with Crippen LogP contribution in [0.4, 0.5) is 9.59 Å². The molecule has 0 bridgehead atoms. The molecular formula is C10H18N2O6. The fourth-order valence-electron chi connectivity index (χ4n) is 0.532. The normalized spacial score (nSPS) is 9.94. The number of nitrogens with zero attached hydrogens (tertiary/aromatic N) is 2. The van der Waals surface area contributed by atoms with E-state index in [4.69, 9.17) is 9.90 Å². The number of aliphatic carboxylic acids is 1. The van der Waals surface area contributed by atoms with Crippen LogP contribution < -0.4 is 0 Å². The Kier molecular flexibility index (Phi) is 10.4. The first-order valence-electron chi connectivity index (χ1n) is 5.17. The molecule has 0 aliphatic heterocycles. The van der Waals surface area contributed by atoms with Crippen LogP contribution in [-0.2, 0) is 14.3 Å². The number of rotatable bonds is 2. The van der Waals surface area contributed by atoms with Gasteiger partial charge in [0.05, 0.1) is 12.2 Å². The molecule has 0 atom stereocenters. The van der Waals surface area contributed by atoms with Gasteiger partial charge in [-0.2, -0.15) is 0 Å². The second-order valence-electron chi connectivity index (χ2n) is 3.58. The van der Waals surface area contributed by atoms with Gasteiger partial charge in [0.25, 0.3) is 5.97 Å². The summed E-state index contributed by atoms with van der Waals surface area (Å²) in [5, 5.41) is 13.4. The van der Waals surface area contributed by atoms with Gasteiger partial charge in [-0.25, -0.2) is 9.59 Å². The third kappa shape index (κ3) is 19.6. The minimum atomic E-state index is -0.902. The van der Waals surface area contributed by atoms with Crippen molar-refractivity contribution in [1.82, 2.24) is 0 Å². The summed E-state index contributed by atoms with van der Waals surface area (Å²) in [4.78, 5) is 30.5. The fourth-order valence-corrected chi connectivity index (χ4v) is 0.532. The van der Waals surface area contributed by atoms with Gasteiger partial charge in [-0.15, -0.1) is 0 Å². The molecule has 0 spiro atoms. The molecule has 8 heteroatoms. The average Bonchev–Trinajstić information content (AvgIpc) is 2.11. The van der Waals surface area contributed by atoms with Crippen molar-refractivity contribution in [2.75, 3.05) is 0 Å². The molecule has 0 heterocycles. The van der Waals surface area contributed by atoms with E-state index < -0.39 is 18.2 Å². The molecule has 0 saturated carbocycles. The van der Waals surface area contributed by atoms with Crippen LogP contribution in [0, 0.1) is 0 Å². The highest BCUT2D eigenvalue weighted by Crippen LogP contribution is 1.96. The topological polar surface area (TPSA) is 115 Å². The summed E-state index contributed by atoms with van der Waals surface area (Å²) in [5.74, 6) is -0.833. The molecule has 0 saturated heterocycles. The van der Waals surface area contributed by atoms with Gasteiger partial charge in [0.2, 0.25) is 0 Å². The van der Waals surface area contributed by atoms with Crippen molar-refractivity contribution in [1.29, 1.82) is 0 Å². The van der Waals surface area contributed by atoms with Crippen LogP contribution in [0.2, 0.25) is 0 Å². The van der Waals surface area contributed by atoms with E-state index >= 15 is 0 Å². The van der Waals surface area contributed by atoms with Crippen molar-refractivity contribution in [3.63, 3.8) is 0 Å². The Morgan fingerprint density at radius 2 is 1.11 bits per heavy atom. The lowest BCUT2D eigenvalue weighted by molar-refractivity contribution is -0.134. The van der Waals surface area contributed by atoms with Gasteiger partial charge in [-0.1, -0.05) is 10.2 Å². The first kappa shape index (κ1) is 18.4. The fraction of sp³-hybridized carbons (Fsp3) is 0.700. The predicted molar refractivity (Wildman–Crippen MR) is 61.4 cm³/mol. The van der Waals surface area contributed by atoms with Crippen LogP contribution in [0.25, 0.3) is 0 Å². The summed E-state index contributed by atoms with van der Waals surface area (Å²) < 4.78 is 9.20. The number of carbonyl (C=O) groups is 3. The third-order valence-electron chi connectivity index (χ3n) is 0.886. The number of azo groups is 1. The van der Waals surface area contributed by atoms with Gasteiger partial charge in [0.15, 0.2) is 0 Å². The van der Waals surface area contributed by atoms with E-state index in [1.807, 2.05) is 0 Å². The van der Waals surface area contributed by atoms with Crippen molar-refractivity contribution in [2.24, 2.45) is 10.2 Å². The molecule has 18 heavy (non-hydrogen) atoms. The summed E-state index contributed by atoms with van der Waals surface area (Å²) in [6, 6.07) is 0. The summed E-state index contributed by atoms with van der Waals surface area (Å²) in [5.41, 5.74) is 0. The number of hydrogen-bond acceptors (Lipinski definition) is 5. The van der Waals surface area contributed by atoms with E-state index in [1.54, 1.807) is 27.7 Å². The molecule has 8 nitrogen and oxygen atoms in total. The lowest BCUT2D eigenvalue weighted by Gasteiger charge is -2.03. The number of hydrogen-bond donors (Lipinski definition) is 1. The lowest BCUT2D eigenvalue weighted by Crippen LogP contribution is -2.09. The molecule has 0 aliphatic rings. The van der Waals surface area contributed by atoms with Gasteiger partial charge in [-0.05, 0) is 27.7 Å². The van der Waals surface area contributed by atoms with Crippen LogP contribution in [0.5, 0.6) is 0 Å². The molecule has 0 radical (unpaired) electrons. The van der Waals surface area contributed by atoms with Crippen LogP contribution in [-0.4, -0.2) is 35.5 Å². The Balaban J connectivity index is 0. The standard InChI is InChI=1S/C8H14N2O4.C2H4O2/c1-5(2)13-7(11)9-10-8(12)14-6(3)4;1-2(3)4/h5-6H,1-4H3;1H3,(H,3,4). The summed E-state index contributed by atoms with van der Waals surface area (Å²) in [6.07, 6.45) is -2.38. The number of carboxylic acids is 1. The molecule has 0 aliphatic carbocycles. The van der Waals surface area contributed by atoms with Crippen molar-refractivity contribution >= 4 is 18.2 Å². The van der Waals surface area contributed by atoms with Crippen molar-refractivity contribution < 1.29 is 29.0 Å². The molecule has 0 rings (SSSR count). The number of carboxylic acid groups (broad SMARTS) is 1. The highest BCUT2D eigenvalue weighted by molar-refractivity contribution is 5.73. The molecule has 0 fully saturated rings. The van der Waals surface area contributed by atoms with Gasteiger partial charge in [0.1, 0.15) is 0 Å².